The van der Waals surface area contributed by atoms with E-state index in [1.54, 1.807) is 12.3 Å². The lowest BCUT2D eigenvalue weighted by Gasteiger charge is -2.29. The van der Waals surface area contributed by atoms with Crippen LogP contribution in [0.3, 0.4) is 0 Å². The summed E-state index contributed by atoms with van der Waals surface area (Å²) >= 11 is 5.54. The number of pyridine rings is 1. The molecule has 3 aromatic rings. The number of fused-ring (bicyclic) bond motifs is 1. The molecule has 0 N–H and O–H groups in total. The normalized spacial score (nSPS) is 17.6. The van der Waals surface area contributed by atoms with Crippen LogP contribution in [0.5, 0.6) is 0 Å². The smallest absolute Gasteiger partial charge is 0.219 e. The number of likely N-dealkylation sites (tertiary alicyclic amines) is 1. The molecule has 0 bridgehead atoms. The van der Waals surface area contributed by atoms with Gasteiger partial charge in [-0.05, 0) is 49.2 Å². The van der Waals surface area contributed by atoms with Gasteiger partial charge in [0.1, 0.15) is 10.7 Å². The molecule has 0 aliphatic carbocycles. The van der Waals surface area contributed by atoms with Gasteiger partial charge >= 0.3 is 0 Å². The van der Waals surface area contributed by atoms with Gasteiger partial charge in [-0.25, -0.2) is 4.98 Å². The van der Waals surface area contributed by atoms with E-state index in [9.17, 15) is 8.42 Å². The second kappa shape index (κ2) is 10.8. The maximum atomic E-state index is 11.6. The van der Waals surface area contributed by atoms with Gasteiger partial charge in [0.05, 0.1) is 6.54 Å². The highest BCUT2D eigenvalue weighted by Crippen LogP contribution is 2.28. The SMILES string of the molecule is Clc1ccccc1.O=S(=O)=C1CN(CC2CCCN2Cc2ccccc2)c2ncccc21. The molecule has 3 heterocycles. The van der Waals surface area contributed by atoms with Crippen molar-refractivity contribution in [3.63, 3.8) is 0 Å². The Kier molecular flexibility index (Phi) is 7.58. The molecular weight excluding hydrogens is 442 g/mol. The topological polar surface area (TPSA) is 53.5 Å². The second-order valence-electron chi connectivity index (χ2n) is 7.96. The van der Waals surface area contributed by atoms with Crippen LogP contribution in [-0.2, 0) is 16.8 Å². The third kappa shape index (κ3) is 5.57. The van der Waals surface area contributed by atoms with Gasteiger partial charge in [-0.15, -0.1) is 0 Å². The summed E-state index contributed by atoms with van der Waals surface area (Å²) in [5.41, 5.74) is 2.07. The van der Waals surface area contributed by atoms with Crippen molar-refractivity contribution in [2.45, 2.75) is 25.4 Å². The molecule has 5 nitrogen and oxygen atoms in total. The Morgan fingerprint density at radius 3 is 2.34 bits per heavy atom. The van der Waals surface area contributed by atoms with E-state index in [1.807, 2.05) is 42.5 Å². The molecule has 0 radical (unpaired) electrons. The third-order valence-corrected chi connectivity index (χ3v) is 6.82. The van der Waals surface area contributed by atoms with E-state index >= 15 is 0 Å². The maximum Gasteiger partial charge on any atom is 0.219 e. The van der Waals surface area contributed by atoms with Gasteiger partial charge in [0.2, 0.25) is 10.3 Å². The molecule has 7 heteroatoms. The molecule has 0 amide bonds. The zero-order valence-electron chi connectivity index (χ0n) is 17.8. The summed E-state index contributed by atoms with van der Waals surface area (Å²) in [6.45, 7) is 3.28. The summed E-state index contributed by atoms with van der Waals surface area (Å²) in [5, 5.41) is 0.794. The molecule has 0 spiro atoms. The number of nitrogens with zero attached hydrogens (tertiary/aromatic N) is 3. The largest absolute Gasteiger partial charge is 0.349 e. The first kappa shape index (κ1) is 22.5. The van der Waals surface area contributed by atoms with E-state index in [0.717, 1.165) is 42.5 Å². The first-order valence-corrected chi connectivity index (χ1v) is 12.2. The fraction of sp³-hybridized carbons (Fsp3) is 0.280. The van der Waals surface area contributed by atoms with Crippen molar-refractivity contribution in [3.8, 4) is 0 Å². The van der Waals surface area contributed by atoms with E-state index in [-0.39, 0.29) is 0 Å². The van der Waals surface area contributed by atoms with Gasteiger partial charge in [0, 0.05) is 35.9 Å². The van der Waals surface area contributed by atoms with Crippen LogP contribution in [0.2, 0.25) is 5.02 Å². The molecule has 5 rings (SSSR count). The van der Waals surface area contributed by atoms with Crippen LogP contribution in [0.1, 0.15) is 24.0 Å². The predicted octanol–water partition coefficient (Wildman–Crippen LogP) is 4.31. The Hall–Kier alpha value is -2.67. The average molecular weight is 468 g/mol. The molecule has 2 aromatic carbocycles. The predicted molar refractivity (Wildman–Crippen MR) is 131 cm³/mol. The van der Waals surface area contributed by atoms with E-state index in [4.69, 9.17) is 11.6 Å². The molecule has 2 aliphatic heterocycles. The zero-order valence-corrected chi connectivity index (χ0v) is 19.3. The van der Waals surface area contributed by atoms with Gasteiger partial charge in [0.25, 0.3) is 0 Å². The van der Waals surface area contributed by atoms with Gasteiger partial charge in [-0.1, -0.05) is 60.1 Å². The van der Waals surface area contributed by atoms with E-state index in [0.29, 0.717) is 17.5 Å². The fourth-order valence-electron chi connectivity index (χ4n) is 4.29. The molecule has 32 heavy (non-hydrogen) atoms. The summed E-state index contributed by atoms with van der Waals surface area (Å²) in [6, 6.07) is 24.0. The van der Waals surface area contributed by atoms with Crippen molar-refractivity contribution in [2.75, 3.05) is 24.5 Å². The van der Waals surface area contributed by atoms with E-state index in [1.165, 1.54) is 12.0 Å². The fourth-order valence-corrected chi connectivity index (χ4v) is 5.04. The first-order chi connectivity index (χ1) is 15.6. The Bertz CT molecular complexity index is 1160. The lowest BCUT2D eigenvalue weighted by molar-refractivity contribution is 0.248. The second-order valence-corrected chi connectivity index (χ2v) is 9.36. The molecule has 1 fully saturated rings. The van der Waals surface area contributed by atoms with Crippen molar-refractivity contribution in [3.05, 3.63) is 95.1 Å². The minimum Gasteiger partial charge on any atom is -0.349 e. The summed E-state index contributed by atoms with van der Waals surface area (Å²) in [5.74, 6) is 0.799. The van der Waals surface area contributed by atoms with Crippen molar-refractivity contribution in [2.24, 2.45) is 0 Å². The van der Waals surface area contributed by atoms with Gasteiger partial charge < -0.3 is 4.90 Å². The monoisotopic (exact) mass is 467 g/mol. The molecule has 1 aromatic heterocycles. The van der Waals surface area contributed by atoms with Crippen molar-refractivity contribution in [1.82, 2.24) is 9.88 Å². The first-order valence-electron chi connectivity index (χ1n) is 10.8. The molecule has 1 atom stereocenters. The third-order valence-electron chi connectivity index (χ3n) is 5.81. The summed E-state index contributed by atoms with van der Waals surface area (Å²) in [4.78, 5) is 9.52. The van der Waals surface area contributed by atoms with Gasteiger partial charge in [0.15, 0.2) is 0 Å². The Morgan fingerprint density at radius 2 is 1.69 bits per heavy atom. The minimum absolute atomic E-state index is 0.425. The molecule has 1 saturated heterocycles. The highest BCUT2D eigenvalue weighted by molar-refractivity contribution is 7.73. The van der Waals surface area contributed by atoms with Crippen molar-refractivity contribution < 1.29 is 8.42 Å². The maximum absolute atomic E-state index is 11.6. The molecule has 2 aliphatic rings. The standard InChI is InChI=1S/C19H21N3O2S.C6H5Cl/c23-25(24)18-14-22(19-17(18)9-4-10-20-19)13-16-8-5-11-21(16)12-15-6-2-1-3-7-15;7-6-4-2-1-3-5-6/h1-4,6-7,9-10,16H,5,8,11-14H2;1-5H. The number of aromatic nitrogens is 1. The van der Waals surface area contributed by atoms with E-state index < -0.39 is 10.3 Å². The lowest BCUT2D eigenvalue weighted by Crippen LogP contribution is -2.40. The van der Waals surface area contributed by atoms with Crippen LogP contribution in [0.4, 0.5) is 5.82 Å². The van der Waals surface area contributed by atoms with Crippen LogP contribution < -0.4 is 4.90 Å². The number of benzene rings is 2. The highest BCUT2D eigenvalue weighted by Gasteiger charge is 2.32. The number of hydrogen-bond acceptors (Lipinski definition) is 5. The Labute approximate surface area is 195 Å². The van der Waals surface area contributed by atoms with E-state index in [2.05, 4.69) is 39.0 Å². The number of halogens is 1. The number of rotatable bonds is 4. The van der Waals surface area contributed by atoms with Gasteiger partial charge in [-0.2, -0.15) is 8.42 Å². The highest BCUT2D eigenvalue weighted by atomic mass is 35.5. The molecule has 1 unspecified atom stereocenters. The zero-order chi connectivity index (χ0) is 22.3. The molecule has 166 valence electrons. The van der Waals surface area contributed by atoms with Gasteiger partial charge in [-0.3, -0.25) is 4.90 Å². The van der Waals surface area contributed by atoms with Crippen LogP contribution >= 0.6 is 11.6 Å². The van der Waals surface area contributed by atoms with Crippen molar-refractivity contribution in [1.29, 1.82) is 0 Å². The minimum atomic E-state index is -2.19. The van der Waals surface area contributed by atoms with Crippen molar-refractivity contribution >= 4 is 32.6 Å². The molecular formula is C25H26ClN3O2S. The Balaban J connectivity index is 0.000000300. The summed E-state index contributed by atoms with van der Waals surface area (Å²) in [7, 11) is -2.19. The summed E-state index contributed by atoms with van der Waals surface area (Å²) in [6.07, 6.45) is 4.06. The number of hydrogen-bond donors (Lipinski definition) is 0. The van der Waals surface area contributed by atoms with Crippen LogP contribution in [0.15, 0.2) is 79.0 Å². The average Bonchev–Trinajstić information content (AvgIpc) is 3.40. The summed E-state index contributed by atoms with van der Waals surface area (Å²) < 4.78 is 23.1. The Morgan fingerprint density at radius 1 is 0.969 bits per heavy atom. The lowest BCUT2D eigenvalue weighted by atomic mass is 10.1. The van der Waals surface area contributed by atoms with Crippen LogP contribution in [0.25, 0.3) is 0 Å². The van der Waals surface area contributed by atoms with Crippen LogP contribution in [0, 0.1) is 0 Å². The van der Waals surface area contributed by atoms with Crippen LogP contribution in [-0.4, -0.2) is 48.8 Å². The molecule has 0 saturated carbocycles. The quantitative estimate of drug-likeness (QED) is 0.535. The number of anilines is 1.